The Morgan fingerprint density at radius 1 is 1.61 bits per heavy atom. The third-order valence-corrected chi connectivity index (χ3v) is 4.30. The van der Waals surface area contributed by atoms with E-state index in [1.54, 1.807) is 0 Å². The van der Waals surface area contributed by atoms with E-state index in [9.17, 15) is 8.42 Å². The Hall–Kier alpha value is -1.12. The lowest BCUT2D eigenvalue weighted by molar-refractivity contribution is 0.0176. The molecule has 0 amide bonds. The number of nitrogens with zero attached hydrogens (tertiary/aromatic N) is 1. The van der Waals surface area contributed by atoms with Gasteiger partial charge in [-0.1, -0.05) is 5.16 Å². The smallest absolute Gasteiger partial charge is 0.264 e. The molecule has 8 heteroatoms. The summed E-state index contributed by atoms with van der Waals surface area (Å²) < 4.78 is 32.3. The van der Waals surface area contributed by atoms with Crippen LogP contribution in [0.5, 0.6) is 5.75 Å². The zero-order valence-electron chi connectivity index (χ0n) is 9.53. The van der Waals surface area contributed by atoms with E-state index in [1.807, 2.05) is 11.4 Å². The molecule has 2 unspecified atom stereocenters. The number of hydrogen-bond donors (Lipinski definition) is 0. The van der Waals surface area contributed by atoms with Crippen molar-refractivity contribution in [2.45, 2.75) is 6.10 Å². The first-order valence-electron chi connectivity index (χ1n) is 5.33. The van der Waals surface area contributed by atoms with Gasteiger partial charge in [-0.05, 0) is 11.4 Å². The minimum atomic E-state index is -3.47. The molecule has 1 aromatic heterocycles. The molecule has 0 aromatic carbocycles. The van der Waals surface area contributed by atoms with Gasteiger partial charge in [0, 0.05) is 0 Å². The Labute approximate surface area is 108 Å². The SMILES string of the molecule is CS(=O)(=O)OCC1ON=C2c3sccc3OCC21. The lowest BCUT2D eigenvalue weighted by Crippen LogP contribution is -2.35. The van der Waals surface area contributed by atoms with Gasteiger partial charge in [0.1, 0.15) is 24.7 Å². The molecule has 0 saturated carbocycles. The maximum atomic E-state index is 11.0. The number of thiophene rings is 1. The van der Waals surface area contributed by atoms with Crippen LogP contribution in [0.25, 0.3) is 0 Å². The van der Waals surface area contributed by atoms with Crippen molar-refractivity contribution in [2.75, 3.05) is 19.5 Å². The average molecular weight is 289 g/mol. The van der Waals surface area contributed by atoms with Crippen molar-refractivity contribution in [3.8, 4) is 5.75 Å². The molecule has 1 aromatic rings. The summed E-state index contributed by atoms with van der Waals surface area (Å²) in [4.78, 5) is 6.20. The molecule has 18 heavy (non-hydrogen) atoms. The molecule has 2 aliphatic heterocycles. The van der Waals surface area contributed by atoms with Gasteiger partial charge in [-0.25, -0.2) is 0 Å². The van der Waals surface area contributed by atoms with Crippen LogP contribution in [-0.2, 0) is 19.1 Å². The Morgan fingerprint density at radius 2 is 2.44 bits per heavy atom. The molecule has 0 aliphatic carbocycles. The summed E-state index contributed by atoms with van der Waals surface area (Å²) in [5.74, 6) is 0.737. The summed E-state index contributed by atoms with van der Waals surface area (Å²) in [7, 11) is -3.47. The molecule has 0 N–H and O–H groups in total. The van der Waals surface area contributed by atoms with E-state index < -0.39 is 16.2 Å². The Morgan fingerprint density at radius 3 is 3.22 bits per heavy atom. The largest absolute Gasteiger partial charge is 0.491 e. The zero-order chi connectivity index (χ0) is 12.8. The first-order chi connectivity index (χ1) is 8.54. The Bertz CT molecular complexity index is 591. The van der Waals surface area contributed by atoms with Crippen LogP contribution in [0.4, 0.5) is 0 Å². The molecule has 6 nitrogen and oxygen atoms in total. The van der Waals surface area contributed by atoms with Gasteiger partial charge in [0.15, 0.2) is 6.10 Å². The summed E-state index contributed by atoms with van der Waals surface area (Å²) in [6.07, 6.45) is 0.600. The van der Waals surface area contributed by atoms with Crippen LogP contribution in [0.15, 0.2) is 16.6 Å². The number of oxime groups is 1. The highest BCUT2D eigenvalue weighted by Gasteiger charge is 2.41. The van der Waals surface area contributed by atoms with E-state index in [2.05, 4.69) is 5.16 Å². The lowest BCUT2D eigenvalue weighted by Gasteiger charge is -2.22. The molecule has 0 radical (unpaired) electrons. The van der Waals surface area contributed by atoms with Crippen molar-refractivity contribution in [3.05, 3.63) is 16.3 Å². The molecular weight excluding hydrogens is 278 g/mol. The molecule has 2 atom stereocenters. The fourth-order valence-corrected chi connectivity index (χ4v) is 3.21. The highest BCUT2D eigenvalue weighted by atomic mass is 32.2. The van der Waals surface area contributed by atoms with Crippen molar-refractivity contribution in [3.63, 3.8) is 0 Å². The molecule has 3 rings (SSSR count). The van der Waals surface area contributed by atoms with E-state index in [0.717, 1.165) is 22.6 Å². The van der Waals surface area contributed by atoms with Crippen molar-refractivity contribution in [2.24, 2.45) is 11.1 Å². The molecule has 0 fully saturated rings. The van der Waals surface area contributed by atoms with E-state index >= 15 is 0 Å². The van der Waals surface area contributed by atoms with Gasteiger partial charge < -0.3 is 9.57 Å². The summed E-state index contributed by atoms with van der Waals surface area (Å²) in [5.41, 5.74) is 0.827. The number of hydrogen-bond acceptors (Lipinski definition) is 7. The van der Waals surface area contributed by atoms with Gasteiger partial charge in [0.2, 0.25) is 0 Å². The van der Waals surface area contributed by atoms with E-state index in [4.69, 9.17) is 13.8 Å². The van der Waals surface area contributed by atoms with Crippen LogP contribution in [0.3, 0.4) is 0 Å². The second-order valence-corrected chi connectivity index (χ2v) is 6.70. The van der Waals surface area contributed by atoms with Crippen molar-refractivity contribution >= 4 is 27.2 Å². The van der Waals surface area contributed by atoms with Gasteiger partial charge in [-0.3, -0.25) is 4.18 Å². The normalized spacial score (nSPS) is 25.7. The van der Waals surface area contributed by atoms with E-state index in [0.29, 0.717) is 6.61 Å². The predicted molar refractivity (Wildman–Crippen MR) is 65.5 cm³/mol. The van der Waals surface area contributed by atoms with Crippen LogP contribution in [0, 0.1) is 5.92 Å². The third-order valence-electron chi connectivity index (χ3n) is 2.81. The quantitative estimate of drug-likeness (QED) is 0.771. The minimum absolute atomic E-state index is 0.0411. The average Bonchev–Trinajstić information content (AvgIpc) is 2.91. The molecular formula is C10H11NO5S2. The van der Waals surface area contributed by atoms with Crippen LogP contribution in [-0.4, -0.2) is 39.7 Å². The summed E-state index contributed by atoms with van der Waals surface area (Å²) in [6.45, 7) is 0.390. The first-order valence-corrected chi connectivity index (χ1v) is 8.03. The number of fused-ring (bicyclic) bond motifs is 3. The molecule has 0 bridgehead atoms. The monoisotopic (exact) mass is 289 g/mol. The topological polar surface area (TPSA) is 74.2 Å². The third kappa shape index (κ3) is 2.11. The lowest BCUT2D eigenvalue weighted by atomic mass is 9.96. The summed E-state index contributed by atoms with van der Waals surface area (Å²) in [6, 6.07) is 1.89. The van der Waals surface area contributed by atoms with Crippen LogP contribution >= 0.6 is 11.3 Å². The standard InChI is InChI=1S/C10H11NO5S2/c1-18(12,13)15-5-8-6-4-14-7-2-3-17-10(7)9(6)11-16-8/h2-3,6,8H,4-5H2,1H3. The Balaban J connectivity index is 1.75. The second-order valence-electron chi connectivity index (χ2n) is 4.14. The molecule has 98 valence electrons. The fourth-order valence-electron chi connectivity index (χ4n) is 1.95. The zero-order valence-corrected chi connectivity index (χ0v) is 11.2. The fraction of sp³-hybridized carbons (Fsp3) is 0.500. The minimum Gasteiger partial charge on any atom is -0.491 e. The first kappa shape index (κ1) is 11.9. The van der Waals surface area contributed by atoms with Gasteiger partial charge in [-0.2, -0.15) is 8.42 Å². The predicted octanol–water partition coefficient (Wildman–Crippen LogP) is 0.836. The maximum absolute atomic E-state index is 11.0. The van der Waals surface area contributed by atoms with Gasteiger partial charge in [0.05, 0.1) is 17.1 Å². The molecule has 0 saturated heterocycles. The van der Waals surface area contributed by atoms with Crippen molar-refractivity contribution in [1.29, 1.82) is 0 Å². The van der Waals surface area contributed by atoms with Crippen molar-refractivity contribution < 1.29 is 22.2 Å². The summed E-state index contributed by atoms with van der Waals surface area (Å²) >= 11 is 1.53. The van der Waals surface area contributed by atoms with Gasteiger partial charge in [0.25, 0.3) is 10.1 Å². The highest BCUT2D eigenvalue weighted by molar-refractivity contribution is 7.85. The molecule has 2 aliphatic rings. The molecule has 3 heterocycles. The maximum Gasteiger partial charge on any atom is 0.264 e. The molecule has 0 spiro atoms. The Kier molecular flexibility index (Phi) is 2.80. The van der Waals surface area contributed by atoms with Gasteiger partial charge >= 0.3 is 0 Å². The van der Waals surface area contributed by atoms with E-state index in [-0.39, 0.29) is 12.5 Å². The van der Waals surface area contributed by atoms with Crippen LogP contribution in [0.2, 0.25) is 0 Å². The summed E-state index contributed by atoms with van der Waals surface area (Å²) in [5, 5.41) is 5.95. The number of ether oxygens (including phenoxy) is 1. The second kappa shape index (κ2) is 4.22. The number of rotatable bonds is 3. The van der Waals surface area contributed by atoms with E-state index in [1.165, 1.54) is 11.3 Å². The highest BCUT2D eigenvalue weighted by Crippen LogP contribution is 2.37. The van der Waals surface area contributed by atoms with Gasteiger partial charge in [-0.15, -0.1) is 11.3 Å². The van der Waals surface area contributed by atoms with Crippen LogP contribution in [0.1, 0.15) is 4.88 Å². The van der Waals surface area contributed by atoms with Crippen LogP contribution < -0.4 is 4.74 Å². The van der Waals surface area contributed by atoms with Crippen molar-refractivity contribution in [1.82, 2.24) is 0 Å².